The van der Waals surface area contributed by atoms with Crippen molar-refractivity contribution in [1.82, 2.24) is 4.90 Å². The highest BCUT2D eigenvalue weighted by molar-refractivity contribution is 5.69. The van der Waals surface area contributed by atoms with Gasteiger partial charge in [0.25, 0.3) is 0 Å². The Kier molecular flexibility index (Phi) is 2.41. The molecule has 4 fully saturated rings. The number of amides is 1. The Morgan fingerprint density at radius 1 is 1.12 bits per heavy atom. The van der Waals surface area contributed by atoms with E-state index < -0.39 is 5.60 Å². The molecule has 4 aliphatic rings. The molecule has 0 radical (unpaired) electrons. The van der Waals surface area contributed by atoms with Gasteiger partial charge in [-0.15, -0.1) is 0 Å². The second-order valence-electron chi connectivity index (χ2n) is 6.52. The molecule has 4 saturated heterocycles. The first-order chi connectivity index (χ1) is 7.92. The lowest BCUT2D eigenvalue weighted by Gasteiger charge is -2.55. The van der Waals surface area contributed by atoms with Gasteiger partial charge in [0, 0.05) is 12.1 Å². The number of rotatable bonds is 0. The van der Waals surface area contributed by atoms with Crippen LogP contribution in [0.25, 0.3) is 0 Å². The van der Waals surface area contributed by atoms with Crippen LogP contribution in [0, 0.1) is 0 Å². The second-order valence-corrected chi connectivity index (χ2v) is 6.52. The fourth-order valence-electron chi connectivity index (χ4n) is 3.46. The first-order valence-electron chi connectivity index (χ1n) is 6.59. The van der Waals surface area contributed by atoms with E-state index in [0.29, 0.717) is 24.3 Å². The van der Waals surface area contributed by atoms with E-state index >= 15 is 0 Å². The molecular weight excluding hydrogens is 218 g/mol. The smallest absolute Gasteiger partial charge is 0.410 e. The number of hydrogen-bond acceptors (Lipinski definition) is 3. The van der Waals surface area contributed by atoms with Crippen molar-refractivity contribution in [3.05, 3.63) is 0 Å². The van der Waals surface area contributed by atoms with Crippen LogP contribution in [0.1, 0.15) is 46.5 Å². The van der Waals surface area contributed by atoms with E-state index in [9.17, 15) is 4.79 Å². The van der Waals surface area contributed by atoms with Crippen LogP contribution < -0.4 is 0 Å². The topological polar surface area (TPSA) is 38.8 Å². The average Bonchev–Trinajstić information content (AvgIpc) is 2.11. The van der Waals surface area contributed by atoms with Crippen LogP contribution in [0.5, 0.6) is 0 Å². The van der Waals surface area contributed by atoms with E-state index in [0.717, 1.165) is 25.7 Å². The van der Waals surface area contributed by atoms with Crippen molar-refractivity contribution in [3.63, 3.8) is 0 Å². The Bertz CT molecular complexity index is 306. The van der Waals surface area contributed by atoms with Crippen LogP contribution in [0.15, 0.2) is 0 Å². The van der Waals surface area contributed by atoms with Crippen molar-refractivity contribution in [2.45, 2.75) is 76.3 Å². The molecule has 0 unspecified atom stereocenters. The lowest BCUT2D eigenvalue weighted by atomic mass is 9.78. The third-order valence-electron chi connectivity index (χ3n) is 3.92. The van der Waals surface area contributed by atoms with Gasteiger partial charge < -0.3 is 14.4 Å². The molecule has 1 amide bonds. The normalized spacial score (nSPS) is 39.6. The maximum atomic E-state index is 12.2. The average molecular weight is 239 g/mol. The monoisotopic (exact) mass is 239 g/mol. The molecule has 0 aromatic rings. The van der Waals surface area contributed by atoms with Crippen molar-refractivity contribution in [1.29, 1.82) is 0 Å². The van der Waals surface area contributed by atoms with Crippen molar-refractivity contribution in [2.24, 2.45) is 0 Å². The number of nitrogens with zero attached hydrogens (tertiary/aromatic N) is 1. The van der Waals surface area contributed by atoms with Gasteiger partial charge in [-0.05, 0) is 46.5 Å². The third kappa shape index (κ3) is 2.03. The summed E-state index contributed by atoms with van der Waals surface area (Å²) >= 11 is 0. The molecule has 4 heterocycles. The lowest BCUT2D eigenvalue weighted by molar-refractivity contribution is -0.176. The second kappa shape index (κ2) is 3.61. The summed E-state index contributed by atoms with van der Waals surface area (Å²) in [6.45, 7) is 5.77. The summed E-state index contributed by atoms with van der Waals surface area (Å²) in [5.41, 5.74) is -0.401. The molecule has 0 aromatic heterocycles. The van der Waals surface area contributed by atoms with E-state index in [1.54, 1.807) is 0 Å². The number of ether oxygens (including phenoxy) is 2. The predicted octanol–water partition coefficient (Wildman–Crippen LogP) is 2.32. The summed E-state index contributed by atoms with van der Waals surface area (Å²) < 4.78 is 11.4. The van der Waals surface area contributed by atoms with E-state index in [1.807, 2.05) is 25.7 Å². The summed E-state index contributed by atoms with van der Waals surface area (Å²) in [4.78, 5) is 14.2. The lowest BCUT2D eigenvalue weighted by Crippen LogP contribution is -2.64. The Balaban J connectivity index is 1.73. The molecular formula is C13H21NO3. The van der Waals surface area contributed by atoms with Gasteiger partial charge in [0.05, 0.1) is 12.2 Å². The zero-order chi connectivity index (χ0) is 12.2. The van der Waals surface area contributed by atoms with Gasteiger partial charge in [-0.3, -0.25) is 0 Å². The summed E-state index contributed by atoms with van der Waals surface area (Å²) in [7, 11) is 0. The van der Waals surface area contributed by atoms with Crippen LogP contribution >= 0.6 is 0 Å². The molecule has 96 valence electrons. The van der Waals surface area contributed by atoms with Gasteiger partial charge in [0.1, 0.15) is 5.60 Å². The maximum Gasteiger partial charge on any atom is 0.410 e. The number of piperidine rings is 2. The van der Waals surface area contributed by atoms with Gasteiger partial charge in [-0.25, -0.2) is 4.79 Å². The Hall–Kier alpha value is -0.770. The Morgan fingerprint density at radius 2 is 1.59 bits per heavy atom. The Morgan fingerprint density at radius 3 is 2.00 bits per heavy atom. The van der Waals surface area contributed by atoms with Gasteiger partial charge in [0.15, 0.2) is 0 Å². The molecule has 0 aliphatic carbocycles. The molecule has 0 atom stereocenters. The Labute approximate surface area is 102 Å². The first-order valence-corrected chi connectivity index (χ1v) is 6.59. The minimum Gasteiger partial charge on any atom is -0.444 e. The molecule has 0 aromatic carbocycles. The van der Waals surface area contributed by atoms with Crippen molar-refractivity contribution in [2.75, 3.05) is 0 Å². The highest BCUT2D eigenvalue weighted by Gasteiger charge is 2.50. The standard InChI is InChI=1S/C13H21NO3/c1-13(2,3)17-12(15)14-8-4-10-6-9(14)7-11(5-8)16-10/h8-11H,4-7H2,1-3H3. The van der Waals surface area contributed by atoms with Gasteiger partial charge in [-0.1, -0.05) is 0 Å². The molecule has 4 heteroatoms. The fourth-order valence-corrected chi connectivity index (χ4v) is 3.46. The van der Waals surface area contributed by atoms with Crippen molar-refractivity contribution >= 4 is 6.09 Å². The molecule has 0 spiro atoms. The van der Waals surface area contributed by atoms with Gasteiger partial charge in [-0.2, -0.15) is 0 Å². The quantitative estimate of drug-likeness (QED) is 0.651. The fraction of sp³-hybridized carbons (Fsp3) is 0.923. The molecule has 0 N–H and O–H groups in total. The van der Waals surface area contributed by atoms with Crippen molar-refractivity contribution in [3.8, 4) is 0 Å². The van der Waals surface area contributed by atoms with E-state index in [4.69, 9.17) is 9.47 Å². The zero-order valence-electron chi connectivity index (χ0n) is 10.8. The van der Waals surface area contributed by atoms with E-state index in [-0.39, 0.29) is 6.09 Å². The maximum absolute atomic E-state index is 12.2. The van der Waals surface area contributed by atoms with Crippen LogP contribution in [-0.4, -0.2) is 40.9 Å². The first kappa shape index (κ1) is 11.3. The largest absolute Gasteiger partial charge is 0.444 e. The van der Waals surface area contributed by atoms with E-state index in [1.165, 1.54) is 0 Å². The minimum atomic E-state index is -0.401. The minimum absolute atomic E-state index is 0.133. The summed E-state index contributed by atoms with van der Waals surface area (Å²) in [5.74, 6) is 0. The highest BCUT2D eigenvalue weighted by atomic mass is 16.6. The highest BCUT2D eigenvalue weighted by Crippen LogP contribution is 2.43. The molecule has 4 nitrogen and oxygen atoms in total. The van der Waals surface area contributed by atoms with Crippen LogP contribution in [0.3, 0.4) is 0 Å². The zero-order valence-corrected chi connectivity index (χ0v) is 10.8. The SMILES string of the molecule is CC(C)(C)OC(=O)N1C2CC3CC1CC(C2)O3. The molecule has 4 rings (SSSR count). The van der Waals surface area contributed by atoms with Crippen LogP contribution in [0.4, 0.5) is 4.79 Å². The van der Waals surface area contributed by atoms with Crippen LogP contribution in [0.2, 0.25) is 0 Å². The summed E-state index contributed by atoms with van der Waals surface area (Å²) in [6.07, 6.45) is 4.61. The summed E-state index contributed by atoms with van der Waals surface area (Å²) in [6, 6.07) is 0.696. The molecule has 0 saturated carbocycles. The van der Waals surface area contributed by atoms with Crippen LogP contribution in [-0.2, 0) is 9.47 Å². The molecule has 4 aliphatic heterocycles. The predicted molar refractivity (Wildman–Crippen MR) is 62.8 cm³/mol. The molecule has 17 heavy (non-hydrogen) atoms. The number of hydrogen-bond donors (Lipinski definition) is 0. The number of carbonyl (C=O) groups excluding carboxylic acids is 1. The third-order valence-corrected chi connectivity index (χ3v) is 3.92. The molecule has 4 bridgehead atoms. The van der Waals surface area contributed by atoms with E-state index in [2.05, 4.69) is 0 Å². The number of carbonyl (C=O) groups is 1. The summed E-state index contributed by atoms with van der Waals surface area (Å²) in [5, 5.41) is 0. The van der Waals surface area contributed by atoms with Gasteiger partial charge >= 0.3 is 6.09 Å². The van der Waals surface area contributed by atoms with Crippen molar-refractivity contribution < 1.29 is 14.3 Å². The van der Waals surface area contributed by atoms with Gasteiger partial charge in [0.2, 0.25) is 0 Å².